The smallest absolute Gasteiger partial charge is 0.104 e. The summed E-state index contributed by atoms with van der Waals surface area (Å²) in [5, 5.41) is 0. The SMILES string of the molecule is CC(CC(C)OC(C)CC1CO1)OCC1CO1. The summed E-state index contributed by atoms with van der Waals surface area (Å²) in [5.41, 5.74) is 0. The molecular formula is C13H24O4. The second-order valence-electron chi connectivity index (χ2n) is 5.28. The molecule has 0 spiro atoms. The maximum atomic E-state index is 5.90. The molecular weight excluding hydrogens is 220 g/mol. The molecule has 2 aliphatic heterocycles. The molecule has 0 amide bonds. The van der Waals surface area contributed by atoms with Crippen LogP contribution >= 0.6 is 0 Å². The fraction of sp³-hybridized carbons (Fsp3) is 1.00. The highest BCUT2D eigenvalue weighted by Gasteiger charge is 2.26. The van der Waals surface area contributed by atoms with E-state index in [2.05, 4.69) is 20.8 Å². The molecule has 0 aromatic heterocycles. The monoisotopic (exact) mass is 244 g/mol. The lowest BCUT2D eigenvalue weighted by Gasteiger charge is -2.21. The molecule has 2 rings (SSSR count). The maximum absolute atomic E-state index is 5.90. The Kier molecular flexibility index (Phi) is 4.79. The zero-order valence-corrected chi connectivity index (χ0v) is 11.1. The lowest BCUT2D eigenvalue weighted by molar-refractivity contribution is -0.0386. The number of ether oxygens (including phenoxy) is 4. The summed E-state index contributed by atoms with van der Waals surface area (Å²) in [7, 11) is 0. The minimum atomic E-state index is 0.235. The zero-order valence-electron chi connectivity index (χ0n) is 11.1. The van der Waals surface area contributed by atoms with Crippen molar-refractivity contribution in [2.45, 2.75) is 64.1 Å². The van der Waals surface area contributed by atoms with Crippen LogP contribution in [0.4, 0.5) is 0 Å². The standard InChI is InChI=1S/C13H24O4/c1-9(14-7-13-8-16-13)4-10(2)17-11(3)5-12-6-15-12/h9-13H,4-8H2,1-3H3. The first-order valence-electron chi connectivity index (χ1n) is 6.63. The van der Waals surface area contributed by atoms with Gasteiger partial charge in [-0.05, 0) is 27.2 Å². The van der Waals surface area contributed by atoms with Gasteiger partial charge in [-0.15, -0.1) is 0 Å². The Morgan fingerprint density at radius 1 is 1.00 bits per heavy atom. The van der Waals surface area contributed by atoms with E-state index < -0.39 is 0 Å². The van der Waals surface area contributed by atoms with Crippen molar-refractivity contribution in [2.75, 3.05) is 19.8 Å². The summed E-state index contributed by atoms with van der Waals surface area (Å²) in [4.78, 5) is 0. The predicted molar refractivity (Wildman–Crippen MR) is 64.1 cm³/mol. The highest BCUT2D eigenvalue weighted by Crippen LogP contribution is 2.19. The number of hydrogen-bond donors (Lipinski definition) is 0. The fourth-order valence-corrected chi connectivity index (χ4v) is 2.05. The number of epoxide rings is 2. The second-order valence-corrected chi connectivity index (χ2v) is 5.28. The van der Waals surface area contributed by atoms with E-state index in [0.29, 0.717) is 12.2 Å². The van der Waals surface area contributed by atoms with Gasteiger partial charge in [0.25, 0.3) is 0 Å². The minimum absolute atomic E-state index is 0.235. The summed E-state index contributed by atoms with van der Waals surface area (Å²) in [6.45, 7) is 8.80. The predicted octanol–water partition coefficient (Wildman–Crippen LogP) is 1.76. The molecule has 0 N–H and O–H groups in total. The summed E-state index contributed by atoms with van der Waals surface area (Å²) in [6.07, 6.45) is 3.48. The van der Waals surface area contributed by atoms with Crippen LogP contribution in [0.5, 0.6) is 0 Å². The van der Waals surface area contributed by atoms with Crippen LogP contribution in [0.25, 0.3) is 0 Å². The highest BCUT2D eigenvalue weighted by atomic mass is 16.6. The molecule has 4 nitrogen and oxygen atoms in total. The molecule has 0 bridgehead atoms. The Labute approximate surface area is 104 Å². The van der Waals surface area contributed by atoms with Gasteiger partial charge in [0.2, 0.25) is 0 Å². The Morgan fingerprint density at radius 3 is 2.24 bits per heavy atom. The van der Waals surface area contributed by atoms with Gasteiger partial charge in [-0.1, -0.05) is 0 Å². The van der Waals surface area contributed by atoms with E-state index in [0.717, 1.165) is 32.7 Å². The van der Waals surface area contributed by atoms with Gasteiger partial charge in [0.1, 0.15) is 6.10 Å². The maximum Gasteiger partial charge on any atom is 0.104 e. The van der Waals surface area contributed by atoms with Crippen LogP contribution in [0.2, 0.25) is 0 Å². The average Bonchev–Trinajstić information content (AvgIpc) is 3.09. The summed E-state index contributed by atoms with van der Waals surface area (Å²) >= 11 is 0. The van der Waals surface area contributed by atoms with Gasteiger partial charge in [0.05, 0.1) is 44.2 Å². The molecule has 0 aliphatic carbocycles. The molecule has 100 valence electrons. The average molecular weight is 244 g/mol. The van der Waals surface area contributed by atoms with Gasteiger partial charge in [-0.3, -0.25) is 0 Å². The molecule has 2 saturated heterocycles. The third kappa shape index (κ3) is 5.82. The summed E-state index contributed by atoms with van der Waals surface area (Å²) in [6, 6.07) is 0. The summed E-state index contributed by atoms with van der Waals surface area (Å²) < 4.78 is 21.9. The largest absolute Gasteiger partial charge is 0.376 e. The van der Waals surface area contributed by atoms with Crippen molar-refractivity contribution in [1.82, 2.24) is 0 Å². The molecule has 0 saturated carbocycles. The van der Waals surface area contributed by atoms with Crippen LogP contribution < -0.4 is 0 Å². The van der Waals surface area contributed by atoms with Gasteiger partial charge in [-0.25, -0.2) is 0 Å². The molecule has 5 atom stereocenters. The van der Waals surface area contributed by atoms with E-state index in [1.54, 1.807) is 0 Å². The molecule has 2 fully saturated rings. The van der Waals surface area contributed by atoms with Crippen molar-refractivity contribution in [1.29, 1.82) is 0 Å². The van der Waals surface area contributed by atoms with E-state index in [1.807, 2.05) is 0 Å². The van der Waals surface area contributed by atoms with Crippen molar-refractivity contribution < 1.29 is 18.9 Å². The van der Waals surface area contributed by atoms with Crippen LogP contribution in [-0.2, 0) is 18.9 Å². The van der Waals surface area contributed by atoms with Crippen molar-refractivity contribution >= 4 is 0 Å². The molecule has 17 heavy (non-hydrogen) atoms. The van der Waals surface area contributed by atoms with Crippen LogP contribution in [0.3, 0.4) is 0 Å². The lowest BCUT2D eigenvalue weighted by atomic mass is 10.1. The van der Waals surface area contributed by atoms with Gasteiger partial charge >= 0.3 is 0 Å². The third-order valence-electron chi connectivity index (χ3n) is 3.09. The van der Waals surface area contributed by atoms with Crippen LogP contribution in [0.1, 0.15) is 33.6 Å². The van der Waals surface area contributed by atoms with Gasteiger partial charge in [0.15, 0.2) is 0 Å². The van der Waals surface area contributed by atoms with Crippen molar-refractivity contribution in [2.24, 2.45) is 0 Å². The lowest BCUT2D eigenvalue weighted by Crippen LogP contribution is -2.24. The van der Waals surface area contributed by atoms with Crippen LogP contribution in [-0.4, -0.2) is 50.3 Å². The Morgan fingerprint density at radius 2 is 1.65 bits per heavy atom. The van der Waals surface area contributed by atoms with Crippen molar-refractivity contribution in [3.63, 3.8) is 0 Å². The Balaban J connectivity index is 1.52. The van der Waals surface area contributed by atoms with Crippen LogP contribution in [0, 0.1) is 0 Å². The molecule has 2 aliphatic rings. The molecule has 0 aromatic carbocycles. The molecule has 0 radical (unpaired) electrons. The number of rotatable bonds is 9. The van der Waals surface area contributed by atoms with E-state index in [4.69, 9.17) is 18.9 Å². The highest BCUT2D eigenvalue weighted by molar-refractivity contribution is 4.73. The normalized spacial score (nSPS) is 31.9. The quantitative estimate of drug-likeness (QED) is 0.580. The third-order valence-corrected chi connectivity index (χ3v) is 3.09. The van der Waals surface area contributed by atoms with Gasteiger partial charge in [0, 0.05) is 6.42 Å². The first-order valence-corrected chi connectivity index (χ1v) is 6.63. The zero-order chi connectivity index (χ0) is 12.3. The van der Waals surface area contributed by atoms with E-state index in [-0.39, 0.29) is 18.3 Å². The molecule has 5 unspecified atom stereocenters. The number of hydrogen-bond acceptors (Lipinski definition) is 4. The summed E-state index contributed by atoms with van der Waals surface area (Å²) in [5.74, 6) is 0. The van der Waals surface area contributed by atoms with Gasteiger partial charge < -0.3 is 18.9 Å². The van der Waals surface area contributed by atoms with E-state index >= 15 is 0 Å². The molecule has 2 heterocycles. The first-order chi connectivity index (χ1) is 8.13. The Bertz CT molecular complexity index is 225. The topological polar surface area (TPSA) is 43.5 Å². The molecule has 4 heteroatoms. The fourth-order valence-electron chi connectivity index (χ4n) is 2.05. The molecule has 0 aromatic rings. The van der Waals surface area contributed by atoms with E-state index in [1.165, 1.54) is 0 Å². The van der Waals surface area contributed by atoms with Crippen molar-refractivity contribution in [3.05, 3.63) is 0 Å². The first kappa shape index (κ1) is 13.3. The van der Waals surface area contributed by atoms with Crippen LogP contribution in [0.15, 0.2) is 0 Å². The van der Waals surface area contributed by atoms with Gasteiger partial charge in [-0.2, -0.15) is 0 Å². The van der Waals surface area contributed by atoms with Crippen molar-refractivity contribution in [3.8, 4) is 0 Å². The second kappa shape index (κ2) is 6.14. The van der Waals surface area contributed by atoms with E-state index in [9.17, 15) is 0 Å². The minimum Gasteiger partial charge on any atom is -0.376 e. The Hall–Kier alpha value is -0.160.